The highest BCUT2D eigenvalue weighted by molar-refractivity contribution is 8.16. The van der Waals surface area contributed by atoms with Gasteiger partial charge in [0.2, 0.25) is 0 Å². The standard InChI is InChI=1S/C19H17NO2S2/c20-12-14-2-4-15(5-3-14)13-22-18(21)16-6-8-17(9-7-16)19-23-10-1-11-24-19/h2-9,19H,1,10-11,13H2. The van der Waals surface area contributed by atoms with Crippen molar-refractivity contribution >= 4 is 29.5 Å². The number of carbonyl (C=O) groups is 1. The van der Waals surface area contributed by atoms with Crippen molar-refractivity contribution in [2.45, 2.75) is 17.6 Å². The van der Waals surface area contributed by atoms with Crippen molar-refractivity contribution in [2.75, 3.05) is 11.5 Å². The summed E-state index contributed by atoms with van der Waals surface area (Å²) >= 11 is 3.93. The fourth-order valence-corrected chi connectivity index (χ4v) is 5.26. The second-order valence-corrected chi connectivity index (χ2v) is 8.16. The van der Waals surface area contributed by atoms with Crippen LogP contribution in [0, 0.1) is 11.3 Å². The summed E-state index contributed by atoms with van der Waals surface area (Å²) in [4.78, 5) is 12.1. The maximum atomic E-state index is 12.1. The monoisotopic (exact) mass is 355 g/mol. The summed E-state index contributed by atoms with van der Waals surface area (Å²) in [7, 11) is 0. The number of ether oxygens (including phenoxy) is 1. The molecule has 3 rings (SSSR count). The maximum absolute atomic E-state index is 12.1. The molecule has 122 valence electrons. The van der Waals surface area contributed by atoms with Gasteiger partial charge in [-0.05, 0) is 53.3 Å². The van der Waals surface area contributed by atoms with E-state index in [0.29, 0.717) is 15.7 Å². The zero-order valence-corrected chi connectivity index (χ0v) is 14.7. The molecule has 0 bridgehead atoms. The number of esters is 1. The van der Waals surface area contributed by atoms with Gasteiger partial charge in [-0.25, -0.2) is 4.79 Å². The van der Waals surface area contributed by atoms with Gasteiger partial charge in [0, 0.05) is 0 Å². The molecule has 2 aromatic carbocycles. The first-order valence-electron chi connectivity index (χ1n) is 7.75. The van der Waals surface area contributed by atoms with Crippen LogP contribution < -0.4 is 0 Å². The van der Waals surface area contributed by atoms with Crippen LogP contribution >= 0.6 is 23.5 Å². The van der Waals surface area contributed by atoms with Gasteiger partial charge in [-0.1, -0.05) is 24.3 Å². The Labute approximate surface area is 150 Å². The van der Waals surface area contributed by atoms with Crippen molar-refractivity contribution in [1.29, 1.82) is 5.26 Å². The zero-order valence-electron chi connectivity index (χ0n) is 13.1. The largest absolute Gasteiger partial charge is 0.457 e. The number of nitrogens with zero attached hydrogens (tertiary/aromatic N) is 1. The first kappa shape index (κ1) is 16.9. The Kier molecular flexibility index (Phi) is 5.84. The molecule has 1 aliphatic heterocycles. The highest BCUT2D eigenvalue weighted by Gasteiger charge is 2.17. The fraction of sp³-hybridized carbons (Fsp3) is 0.263. The van der Waals surface area contributed by atoms with Gasteiger partial charge in [-0.2, -0.15) is 5.26 Å². The van der Waals surface area contributed by atoms with Crippen molar-refractivity contribution in [1.82, 2.24) is 0 Å². The van der Waals surface area contributed by atoms with Gasteiger partial charge in [-0.3, -0.25) is 0 Å². The Morgan fingerprint density at radius 2 is 1.75 bits per heavy atom. The van der Waals surface area contributed by atoms with E-state index >= 15 is 0 Å². The molecule has 0 saturated carbocycles. The van der Waals surface area contributed by atoms with Crippen molar-refractivity contribution in [3.63, 3.8) is 0 Å². The average Bonchev–Trinajstić information content (AvgIpc) is 2.67. The number of nitriles is 1. The van der Waals surface area contributed by atoms with Gasteiger partial charge < -0.3 is 4.74 Å². The molecule has 0 aromatic heterocycles. The lowest BCUT2D eigenvalue weighted by molar-refractivity contribution is 0.0472. The van der Waals surface area contributed by atoms with Crippen LogP contribution in [0.5, 0.6) is 0 Å². The lowest BCUT2D eigenvalue weighted by atomic mass is 10.1. The van der Waals surface area contributed by atoms with E-state index in [1.165, 1.54) is 23.5 Å². The summed E-state index contributed by atoms with van der Waals surface area (Å²) in [5, 5.41) is 8.77. The maximum Gasteiger partial charge on any atom is 0.338 e. The molecule has 0 radical (unpaired) electrons. The fourth-order valence-electron chi connectivity index (χ4n) is 2.36. The highest BCUT2D eigenvalue weighted by Crippen LogP contribution is 2.43. The van der Waals surface area contributed by atoms with Gasteiger partial charge in [0.05, 0.1) is 21.8 Å². The van der Waals surface area contributed by atoms with Gasteiger partial charge >= 0.3 is 5.97 Å². The second-order valence-electron chi connectivity index (χ2n) is 5.43. The van der Waals surface area contributed by atoms with Gasteiger partial charge in [0.15, 0.2) is 0 Å². The Morgan fingerprint density at radius 3 is 2.38 bits per heavy atom. The van der Waals surface area contributed by atoms with Crippen molar-refractivity contribution < 1.29 is 9.53 Å². The Hall–Kier alpha value is -1.90. The Morgan fingerprint density at radius 1 is 1.08 bits per heavy atom. The van der Waals surface area contributed by atoms with Crippen molar-refractivity contribution in [3.8, 4) is 6.07 Å². The van der Waals surface area contributed by atoms with E-state index in [1.54, 1.807) is 24.3 Å². The molecule has 3 nitrogen and oxygen atoms in total. The molecule has 1 fully saturated rings. The van der Waals surface area contributed by atoms with E-state index in [9.17, 15) is 4.79 Å². The number of rotatable bonds is 4. The molecule has 1 heterocycles. The molecule has 2 aromatic rings. The molecule has 0 aliphatic carbocycles. The molecular weight excluding hydrogens is 338 g/mol. The van der Waals surface area contributed by atoms with E-state index < -0.39 is 0 Å². The Balaban J connectivity index is 1.57. The number of benzene rings is 2. The third kappa shape index (κ3) is 4.34. The molecule has 0 amide bonds. The van der Waals surface area contributed by atoms with Crippen LogP contribution in [-0.2, 0) is 11.3 Å². The van der Waals surface area contributed by atoms with E-state index in [1.807, 2.05) is 47.8 Å². The minimum atomic E-state index is -0.324. The van der Waals surface area contributed by atoms with E-state index in [2.05, 4.69) is 6.07 Å². The van der Waals surface area contributed by atoms with Crippen LogP contribution in [0.25, 0.3) is 0 Å². The summed E-state index contributed by atoms with van der Waals surface area (Å²) < 4.78 is 5.82. The normalized spacial score (nSPS) is 14.8. The smallest absolute Gasteiger partial charge is 0.338 e. The van der Waals surface area contributed by atoms with Crippen LogP contribution in [0.4, 0.5) is 0 Å². The molecule has 1 saturated heterocycles. The molecular formula is C19H17NO2S2. The van der Waals surface area contributed by atoms with Crippen LogP contribution in [0.3, 0.4) is 0 Å². The molecule has 0 atom stereocenters. The van der Waals surface area contributed by atoms with Gasteiger partial charge in [0.1, 0.15) is 6.61 Å². The number of hydrogen-bond acceptors (Lipinski definition) is 5. The van der Waals surface area contributed by atoms with Crippen LogP contribution in [-0.4, -0.2) is 17.5 Å². The quantitative estimate of drug-likeness (QED) is 0.739. The topological polar surface area (TPSA) is 50.1 Å². The molecule has 0 N–H and O–H groups in total. The summed E-state index contributed by atoms with van der Waals surface area (Å²) in [6.07, 6.45) is 1.27. The minimum absolute atomic E-state index is 0.209. The SMILES string of the molecule is N#Cc1ccc(COC(=O)c2ccc(C3SCCCS3)cc2)cc1. The third-order valence-electron chi connectivity index (χ3n) is 3.70. The van der Waals surface area contributed by atoms with Crippen molar-refractivity contribution in [2.24, 2.45) is 0 Å². The molecule has 5 heteroatoms. The van der Waals surface area contributed by atoms with Crippen molar-refractivity contribution in [3.05, 3.63) is 70.8 Å². The molecule has 24 heavy (non-hydrogen) atoms. The van der Waals surface area contributed by atoms with E-state index in [0.717, 1.165) is 5.56 Å². The third-order valence-corrected chi connectivity index (χ3v) is 6.71. The summed E-state index contributed by atoms with van der Waals surface area (Å²) in [6.45, 7) is 0.209. The summed E-state index contributed by atoms with van der Waals surface area (Å²) in [5.74, 6) is 2.08. The van der Waals surface area contributed by atoms with E-state index in [4.69, 9.17) is 10.00 Å². The van der Waals surface area contributed by atoms with Crippen LogP contribution in [0.2, 0.25) is 0 Å². The lowest BCUT2D eigenvalue weighted by Crippen LogP contribution is -2.06. The Bertz CT molecular complexity index is 729. The van der Waals surface area contributed by atoms with Gasteiger partial charge in [-0.15, -0.1) is 23.5 Å². The number of hydrogen-bond donors (Lipinski definition) is 0. The van der Waals surface area contributed by atoms with Crippen LogP contribution in [0.15, 0.2) is 48.5 Å². The zero-order chi connectivity index (χ0) is 16.8. The number of carbonyl (C=O) groups excluding carboxylic acids is 1. The lowest BCUT2D eigenvalue weighted by Gasteiger charge is -2.21. The number of thioether (sulfide) groups is 2. The second kappa shape index (κ2) is 8.27. The predicted molar refractivity (Wildman–Crippen MR) is 99.0 cm³/mol. The summed E-state index contributed by atoms with van der Waals surface area (Å²) in [6, 6.07) is 16.8. The summed E-state index contributed by atoms with van der Waals surface area (Å²) in [5.41, 5.74) is 3.29. The molecule has 0 unspecified atom stereocenters. The van der Waals surface area contributed by atoms with Gasteiger partial charge in [0.25, 0.3) is 0 Å². The molecule has 1 aliphatic rings. The minimum Gasteiger partial charge on any atom is -0.457 e. The first-order valence-corrected chi connectivity index (χ1v) is 9.85. The molecule has 0 spiro atoms. The average molecular weight is 355 g/mol. The first-order chi connectivity index (χ1) is 11.8. The van der Waals surface area contributed by atoms with Crippen LogP contribution in [0.1, 0.15) is 38.1 Å². The predicted octanol–water partition coefficient (Wildman–Crippen LogP) is 4.78. The highest BCUT2D eigenvalue weighted by atomic mass is 32.2. The van der Waals surface area contributed by atoms with E-state index in [-0.39, 0.29) is 12.6 Å².